The SMILES string of the molecule is CC(C)=CCC/C(C)=C/CCC(C)C/C=C(/CC(=O)N[C@@H](Cc1ccccc1)C(=O)O)P(=O)(O)O. The fraction of sp³-hybridized carbons (Fsp3) is 0.481. The van der Waals surface area contributed by atoms with E-state index in [1.54, 1.807) is 30.3 Å². The molecule has 1 rings (SSSR count). The molecule has 0 heterocycles. The van der Waals surface area contributed by atoms with Gasteiger partial charge in [0.2, 0.25) is 5.91 Å². The Morgan fingerprint density at radius 3 is 2.26 bits per heavy atom. The van der Waals surface area contributed by atoms with E-state index in [-0.39, 0.29) is 17.7 Å². The van der Waals surface area contributed by atoms with Gasteiger partial charge in [-0.3, -0.25) is 9.36 Å². The molecule has 0 aliphatic heterocycles. The third-order valence-electron chi connectivity index (χ3n) is 5.63. The van der Waals surface area contributed by atoms with E-state index < -0.39 is 31.9 Å². The first kappa shape index (κ1) is 30.6. The van der Waals surface area contributed by atoms with Crippen molar-refractivity contribution in [2.45, 2.75) is 78.7 Å². The number of carboxylic acids is 1. The Bertz CT molecular complexity index is 957. The Hall–Kier alpha value is -2.47. The van der Waals surface area contributed by atoms with Gasteiger partial charge in [0.1, 0.15) is 6.04 Å². The Labute approximate surface area is 209 Å². The minimum absolute atomic E-state index is 0.0786. The molecule has 4 N–H and O–H groups in total. The zero-order chi connectivity index (χ0) is 26.4. The van der Waals surface area contributed by atoms with Crippen molar-refractivity contribution in [2.75, 3.05) is 0 Å². The third kappa shape index (κ3) is 13.9. The van der Waals surface area contributed by atoms with E-state index in [4.69, 9.17) is 0 Å². The Morgan fingerprint density at radius 2 is 1.69 bits per heavy atom. The highest BCUT2D eigenvalue weighted by Gasteiger charge is 2.26. The number of amides is 1. The van der Waals surface area contributed by atoms with Gasteiger partial charge < -0.3 is 20.2 Å². The average molecular weight is 506 g/mol. The number of aliphatic carboxylic acids is 1. The summed E-state index contributed by atoms with van der Waals surface area (Å²) >= 11 is 0. The molecular weight excluding hydrogens is 465 g/mol. The topological polar surface area (TPSA) is 124 Å². The van der Waals surface area contributed by atoms with Gasteiger partial charge in [0, 0.05) is 11.7 Å². The molecule has 0 aromatic heterocycles. The molecule has 194 valence electrons. The molecule has 0 saturated carbocycles. The van der Waals surface area contributed by atoms with Crippen LogP contribution in [-0.4, -0.2) is 32.8 Å². The van der Waals surface area contributed by atoms with Gasteiger partial charge in [0.15, 0.2) is 0 Å². The van der Waals surface area contributed by atoms with Gasteiger partial charge >= 0.3 is 13.6 Å². The zero-order valence-corrected chi connectivity index (χ0v) is 22.1. The maximum atomic E-state index is 12.5. The Kier molecular flexibility index (Phi) is 13.5. The highest BCUT2D eigenvalue weighted by atomic mass is 31.2. The molecule has 7 nitrogen and oxygen atoms in total. The molecule has 0 aliphatic carbocycles. The second-order valence-electron chi connectivity index (χ2n) is 9.35. The summed E-state index contributed by atoms with van der Waals surface area (Å²) in [5.41, 5.74) is 3.37. The fourth-order valence-corrected chi connectivity index (χ4v) is 4.21. The maximum absolute atomic E-state index is 12.5. The van der Waals surface area contributed by atoms with Crippen LogP contribution in [0.5, 0.6) is 0 Å². The molecule has 1 amide bonds. The molecule has 0 bridgehead atoms. The van der Waals surface area contributed by atoms with Crippen molar-refractivity contribution in [1.82, 2.24) is 5.32 Å². The van der Waals surface area contributed by atoms with Crippen molar-refractivity contribution in [1.29, 1.82) is 0 Å². The second kappa shape index (κ2) is 15.5. The molecule has 35 heavy (non-hydrogen) atoms. The Morgan fingerprint density at radius 1 is 1.03 bits per heavy atom. The highest BCUT2D eigenvalue weighted by Crippen LogP contribution is 2.47. The zero-order valence-electron chi connectivity index (χ0n) is 21.2. The first-order valence-electron chi connectivity index (χ1n) is 12.0. The molecule has 0 fully saturated rings. The van der Waals surface area contributed by atoms with Crippen molar-refractivity contribution < 1.29 is 29.0 Å². The number of hydrogen-bond acceptors (Lipinski definition) is 3. The predicted octanol–water partition coefficient (Wildman–Crippen LogP) is 5.75. The van der Waals surface area contributed by atoms with Crippen molar-refractivity contribution in [2.24, 2.45) is 5.92 Å². The molecule has 1 aromatic carbocycles. The predicted molar refractivity (Wildman–Crippen MR) is 140 cm³/mol. The van der Waals surface area contributed by atoms with E-state index >= 15 is 0 Å². The van der Waals surface area contributed by atoms with Crippen molar-refractivity contribution in [3.8, 4) is 0 Å². The highest BCUT2D eigenvalue weighted by molar-refractivity contribution is 7.56. The van der Waals surface area contributed by atoms with Crippen LogP contribution in [0.15, 0.2) is 65.0 Å². The summed E-state index contributed by atoms with van der Waals surface area (Å²) in [6.45, 7) is 8.27. The lowest BCUT2D eigenvalue weighted by Crippen LogP contribution is -2.42. The lowest BCUT2D eigenvalue weighted by molar-refractivity contribution is -0.141. The first-order valence-corrected chi connectivity index (χ1v) is 13.6. The summed E-state index contributed by atoms with van der Waals surface area (Å²) in [4.78, 5) is 43.5. The van der Waals surface area contributed by atoms with Crippen LogP contribution < -0.4 is 5.32 Å². The summed E-state index contributed by atoms with van der Waals surface area (Å²) in [5, 5.41) is 11.6. The number of carbonyl (C=O) groups is 2. The minimum Gasteiger partial charge on any atom is -0.480 e. The quantitative estimate of drug-likeness (QED) is 0.178. The second-order valence-corrected chi connectivity index (χ2v) is 11.0. The average Bonchev–Trinajstić information content (AvgIpc) is 2.75. The lowest BCUT2D eigenvalue weighted by atomic mass is 9.99. The van der Waals surface area contributed by atoms with Crippen LogP contribution in [-0.2, 0) is 20.6 Å². The summed E-state index contributed by atoms with van der Waals surface area (Å²) < 4.78 is 12.0. The van der Waals surface area contributed by atoms with Gasteiger partial charge in [-0.1, -0.05) is 66.6 Å². The lowest BCUT2D eigenvalue weighted by Gasteiger charge is -2.16. The van der Waals surface area contributed by atoms with Crippen LogP contribution in [0.25, 0.3) is 0 Å². The van der Waals surface area contributed by atoms with Crippen molar-refractivity contribution in [3.63, 3.8) is 0 Å². The number of nitrogens with one attached hydrogen (secondary N) is 1. The number of benzene rings is 1. The number of hydrogen-bond donors (Lipinski definition) is 4. The monoisotopic (exact) mass is 505 g/mol. The van der Waals surface area contributed by atoms with Gasteiger partial charge in [-0.2, -0.15) is 0 Å². The smallest absolute Gasteiger partial charge is 0.352 e. The molecule has 0 aliphatic rings. The van der Waals surface area contributed by atoms with E-state index in [9.17, 15) is 29.0 Å². The van der Waals surface area contributed by atoms with Crippen LogP contribution in [0, 0.1) is 5.92 Å². The van der Waals surface area contributed by atoms with Gasteiger partial charge in [-0.25, -0.2) is 4.79 Å². The van der Waals surface area contributed by atoms with E-state index in [0.717, 1.165) is 31.2 Å². The molecule has 0 spiro atoms. The minimum atomic E-state index is -4.65. The largest absolute Gasteiger partial charge is 0.480 e. The van der Waals surface area contributed by atoms with Gasteiger partial charge in [0.25, 0.3) is 0 Å². The molecule has 2 atom stereocenters. The molecule has 1 aromatic rings. The fourth-order valence-electron chi connectivity index (χ4n) is 3.51. The molecule has 8 heteroatoms. The number of carboxylic acid groups (broad SMARTS) is 1. The van der Waals surface area contributed by atoms with Gasteiger partial charge in [-0.15, -0.1) is 0 Å². The van der Waals surface area contributed by atoms with Crippen LogP contribution in [0.4, 0.5) is 0 Å². The maximum Gasteiger partial charge on any atom is 0.352 e. The number of rotatable bonds is 15. The first-order chi connectivity index (χ1) is 16.4. The van der Waals surface area contributed by atoms with Gasteiger partial charge in [-0.05, 0) is 64.4 Å². The van der Waals surface area contributed by atoms with Gasteiger partial charge in [0.05, 0.1) is 6.42 Å². The van der Waals surface area contributed by atoms with Crippen molar-refractivity contribution in [3.05, 3.63) is 70.6 Å². The number of carbonyl (C=O) groups excluding carboxylic acids is 1. The van der Waals surface area contributed by atoms with E-state index in [2.05, 4.69) is 38.2 Å². The molecule has 0 saturated heterocycles. The summed E-state index contributed by atoms with van der Waals surface area (Å²) in [6.07, 6.45) is 9.57. The Balaban J connectivity index is 2.67. The third-order valence-corrected chi connectivity index (χ3v) is 6.72. The normalized spacial score (nSPS) is 14.2. The van der Waals surface area contributed by atoms with Crippen LogP contribution in [0.3, 0.4) is 0 Å². The molecule has 1 unspecified atom stereocenters. The summed E-state index contributed by atoms with van der Waals surface area (Å²) in [7, 11) is -4.65. The van der Waals surface area contributed by atoms with Crippen molar-refractivity contribution >= 4 is 19.5 Å². The summed E-state index contributed by atoms with van der Waals surface area (Å²) in [5.74, 6) is -1.77. The summed E-state index contributed by atoms with van der Waals surface area (Å²) in [6, 6.07) is 7.67. The molecule has 0 radical (unpaired) electrons. The van der Waals surface area contributed by atoms with Crippen LogP contribution in [0.2, 0.25) is 0 Å². The van der Waals surface area contributed by atoms with Crippen LogP contribution >= 0.6 is 7.60 Å². The van der Waals surface area contributed by atoms with E-state index in [0.29, 0.717) is 6.42 Å². The van der Waals surface area contributed by atoms with E-state index in [1.807, 2.05) is 6.92 Å². The molecular formula is C27H40NO6P. The number of allylic oxidation sites excluding steroid dienone is 5. The van der Waals surface area contributed by atoms with E-state index in [1.165, 1.54) is 17.2 Å². The standard InChI is InChI=1S/C27H40NO6P/c1-20(2)10-8-11-21(3)12-9-13-22(4)16-17-24(35(32,33)34)19-26(29)28-25(27(30)31)18-23-14-6-5-7-15-23/h5-7,10,12,14-15,17,22,25H,8-9,11,13,16,18-19H2,1-4H3,(H,28,29)(H,30,31)(H2,32,33,34)/b21-12+,24-17-/t22?,25-/m0/s1. The van der Waals surface area contributed by atoms with Crippen LogP contribution in [0.1, 0.15) is 71.8 Å².